The fraction of sp³-hybridized carbons (Fsp3) is 1.00. The molecular formula is C9H21O3PS. The molecule has 0 N–H and O–H groups in total. The van der Waals surface area contributed by atoms with Crippen LogP contribution in [0.15, 0.2) is 0 Å². The van der Waals surface area contributed by atoms with E-state index in [4.69, 9.17) is 13.6 Å². The Bertz CT molecular complexity index is 173. The normalized spacial score (nSPS) is 25.2. The monoisotopic (exact) mass is 240 g/mol. The van der Waals surface area contributed by atoms with Crippen LogP contribution in [0.4, 0.5) is 0 Å². The van der Waals surface area contributed by atoms with Crippen molar-refractivity contribution >= 4 is 17.9 Å². The molecule has 1 fully saturated rings. The Morgan fingerprint density at radius 1 is 1.00 bits per heavy atom. The first-order chi connectivity index (χ1) is 6.70. The zero-order chi connectivity index (χ0) is 10.5. The van der Waals surface area contributed by atoms with Crippen LogP contribution in [0.25, 0.3) is 0 Å². The summed E-state index contributed by atoms with van der Waals surface area (Å²) >= 11 is 1.73. The van der Waals surface area contributed by atoms with Gasteiger partial charge in [0.1, 0.15) is 0 Å². The molecule has 0 bridgehead atoms. The van der Waals surface area contributed by atoms with Crippen LogP contribution in [0.3, 0.4) is 0 Å². The Balaban J connectivity index is 2.50. The van der Waals surface area contributed by atoms with E-state index in [1.807, 2.05) is 6.92 Å². The van der Waals surface area contributed by atoms with E-state index in [0.29, 0.717) is 6.61 Å². The minimum atomic E-state index is -2.59. The SMILES string of the molecule is CCCOP1(OCC)(OCCC)CS1. The molecule has 0 unspecified atom stereocenters. The van der Waals surface area contributed by atoms with Crippen LogP contribution in [0.1, 0.15) is 33.6 Å². The molecule has 0 aromatic carbocycles. The number of hydrogen-bond donors (Lipinski definition) is 0. The van der Waals surface area contributed by atoms with Crippen LogP contribution >= 0.6 is 17.9 Å². The molecule has 0 saturated carbocycles. The van der Waals surface area contributed by atoms with Crippen LogP contribution in [0.2, 0.25) is 0 Å². The number of rotatable bonds is 8. The summed E-state index contributed by atoms with van der Waals surface area (Å²) in [6.45, 7) is 5.78. The first-order valence-corrected chi connectivity index (χ1v) is 9.09. The van der Waals surface area contributed by atoms with Crippen molar-refractivity contribution in [2.45, 2.75) is 33.6 Å². The molecule has 0 aromatic rings. The van der Waals surface area contributed by atoms with Crippen molar-refractivity contribution < 1.29 is 13.6 Å². The van der Waals surface area contributed by atoms with Crippen molar-refractivity contribution in [2.24, 2.45) is 0 Å². The molecule has 1 aliphatic heterocycles. The van der Waals surface area contributed by atoms with E-state index in [9.17, 15) is 0 Å². The van der Waals surface area contributed by atoms with Gasteiger partial charge in [0, 0.05) is 0 Å². The summed E-state index contributed by atoms with van der Waals surface area (Å²) in [5.41, 5.74) is 0.916. The topological polar surface area (TPSA) is 27.7 Å². The maximum atomic E-state index is 5.87. The van der Waals surface area contributed by atoms with E-state index in [-0.39, 0.29) is 0 Å². The number of hydrogen-bond acceptors (Lipinski definition) is 4. The molecule has 1 rings (SSSR count). The molecule has 1 aliphatic rings. The van der Waals surface area contributed by atoms with Crippen LogP contribution in [0.5, 0.6) is 0 Å². The molecule has 14 heavy (non-hydrogen) atoms. The first-order valence-electron chi connectivity index (χ1n) is 5.32. The second-order valence-electron chi connectivity index (χ2n) is 3.31. The van der Waals surface area contributed by atoms with Gasteiger partial charge in [0.2, 0.25) is 0 Å². The summed E-state index contributed by atoms with van der Waals surface area (Å²) in [6, 6.07) is 0. The van der Waals surface area contributed by atoms with Crippen molar-refractivity contribution in [3.8, 4) is 0 Å². The van der Waals surface area contributed by atoms with Crippen LogP contribution in [0, 0.1) is 0 Å². The Morgan fingerprint density at radius 2 is 1.50 bits per heavy atom. The van der Waals surface area contributed by atoms with Gasteiger partial charge in [0.15, 0.2) is 0 Å². The molecule has 5 heteroatoms. The summed E-state index contributed by atoms with van der Waals surface area (Å²) in [5, 5.41) is 0. The Labute approximate surface area is 90.8 Å². The zero-order valence-corrected chi connectivity index (χ0v) is 11.0. The molecule has 0 aromatic heterocycles. The van der Waals surface area contributed by atoms with Crippen molar-refractivity contribution in [3.63, 3.8) is 0 Å². The summed E-state index contributed by atoms with van der Waals surface area (Å²) in [7, 11) is 0. The van der Waals surface area contributed by atoms with Gasteiger partial charge in [-0.2, -0.15) is 0 Å². The van der Waals surface area contributed by atoms with Crippen molar-refractivity contribution in [3.05, 3.63) is 0 Å². The molecule has 0 atom stereocenters. The summed E-state index contributed by atoms with van der Waals surface area (Å²) in [6.07, 6.45) is 2.03. The maximum absolute atomic E-state index is 5.87. The molecule has 1 heterocycles. The van der Waals surface area contributed by atoms with Gasteiger partial charge in [0.05, 0.1) is 0 Å². The molecule has 0 spiro atoms. The van der Waals surface area contributed by atoms with Crippen LogP contribution in [-0.2, 0) is 13.6 Å². The average molecular weight is 240 g/mol. The third-order valence-electron chi connectivity index (χ3n) is 1.91. The summed E-state index contributed by atoms with van der Waals surface area (Å²) in [5.74, 6) is 0. The van der Waals surface area contributed by atoms with Crippen LogP contribution < -0.4 is 0 Å². The average Bonchev–Trinajstić information content (AvgIpc) is 2.91. The zero-order valence-electron chi connectivity index (χ0n) is 9.32. The predicted molar refractivity (Wildman–Crippen MR) is 63.5 cm³/mol. The molecule has 0 aliphatic carbocycles. The second kappa shape index (κ2) is 5.13. The van der Waals surface area contributed by atoms with Gasteiger partial charge < -0.3 is 0 Å². The molecule has 0 amide bonds. The summed E-state index contributed by atoms with van der Waals surface area (Å²) < 4.78 is 17.5. The van der Waals surface area contributed by atoms with Gasteiger partial charge in [0.25, 0.3) is 0 Å². The Kier molecular flexibility index (Phi) is 4.66. The quantitative estimate of drug-likeness (QED) is 0.476. The molecule has 1 saturated heterocycles. The fourth-order valence-electron chi connectivity index (χ4n) is 1.19. The van der Waals surface area contributed by atoms with Crippen molar-refractivity contribution in [1.29, 1.82) is 0 Å². The standard InChI is InChI=1S/C9H21O3PS/c1-4-7-11-13(9-14-13,10-6-3)12-8-5-2/h4-9H2,1-3H3. The van der Waals surface area contributed by atoms with Gasteiger partial charge in [-0.25, -0.2) is 0 Å². The van der Waals surface area contributed by atoms with Gasteiger partial charge in [-0.05, 0) is 0 Å². The van der Waals surface area contributed by atoms with Gasteiger partial charge in [-0.15, -0.1) is 0 Å². The van der Waals surface area contributed by atoms with Crippen molar-refractivity contribution in [1.82, 2.24) is 0 Å². The predicted octanol–water partition coefficient (Wildman–Crippen LogP) is 3.79. The second-order valence-corrected chi connectivity index (χ2v) is 10.2. The van der Waals surface area contributed by atoms with Crippen molar-refractivity contribution in [2.75, 3.05) is 25.3 Å². The third-order valence-corrected chi connectivity index (χ3v) is 8.54. The fourth-order valence-corrected chi connectivity index (χ4v) is 7.37. The van der Waals surface area contributed by atoms with E-state index in [1.54, 1.807) is 11.4 Å². The molecule has 0 radical (unpaired) electrons. The van der Waals surface area contributed by atoms with E-state index < -0.39 is 6.49 Å². The third kappa shape index (κ3) is 2.83. The van der Waals surface area contributed by atoms with Gasteiger partial charge >= 0.3 is 90.4 Å². The first kappa shape index (κ1) is 12.7. The van der Waals surface area contributed by atoms with E-state index in [1.165, 1.54) is 0 Å². The molecule has 3 nitrogen and oxygen atoms in total. The van der Waals surface area contributed by atoms with E-state index in [0.717, 1.165) is 31.5 Å². The Morgan fingerprint density at radius 3 is 1.79 bits per heavy atom. The minimum absolute atomic E-state index is 0.679. The molecule has 86 valence electrons. The van der Waals surface area contributed by atoms with Gasteiger partial charge in [-0.3, -0.25) is 0 Å². The Hall–Kier alpha value is 0.660. The van der Waals surface area contributed by atoms with Crippen LogP contribution in [-0.4, -0.2) is 25.3 Å². The van der Waals surface area contributed by atoms with Gasteiger partial charge in [-0.1, -0.05) is 0 Å². The van der Waals surface area contributed by atoms with E-state index >= 15 is 0 Å². The summed E-state index contributed by atoms with van der Waals surface area (Å²) in [4.78, 5) is 0. The molecular weight excluding hydrogens is 219 g/mol. The van der Waals surface area contributed by atoms with E-state index in [2.05, 4.69) is 13.8 Å².